The highest BCUT2D eigenvalue weighted by Crippen LogP contribution is 2.49. The Balaban J connectivity index is 1.24. The van der Waals surface area contributed by atoms with E-state index in [9.17, 15) is 0 Å². The highest BCUT2D eigenvalue weighted by Gasteiger charge is 2.45. The van der Waals surface area contributed by atoms with Crippen molar-refractivity contribution in [1.29, 1.82) is 0 Å². The molecule has 9 aromatic rings. The number of hydrogen-bond acceptors (Lipinski definition) is 2. The smallest absolute Gasteiger partial charge is 0.252 e. The van der Waals surface area contributed by atoms with E-state index in [2.05, 4.69) is 290 Å². The van der Waals surface area contributed by atoms with Crippen molar-refractivity contribution in [2.24, 2.45) is 0 Å². The summed E-state index contributed by atoms with van der Waals surface area (Å²) in [4.78, 5) is 5.19. The van der Waals surface area contributed by atoms with Crippen molar-refractivity contribution in [2.75, 3.05) is 9.80 Å². The molecule has 0 aromatic heterocycles. The number of anilines is 6. The van der Waals surface area contributed by atoms with Crippen LogP contribution in [0.2, 0.25) is 0 Å². The standard InChI is InChI=1S/C66H61BN2/c1-63(2,46-25-14-9-15-26-46)50-33-24-36-55(41-50)69-59-43-52(65(5,6)48-29-18-11-19-30-48)38-40-57(59)67-56-39-37-51(64(3,4)47-27-16-10-17-28-47)42-58(56)68(54-34-22-13-23-35-54)60-44-53(45-61(69)62(60)67)66(7,8)49-31-20-12-21-32-49/h9-45H,1-8H3. The van der Waals surface area contributed by atoms with E-state index in [1.54, 1.807) is 0 Å². The average molecular weight is 893 g/mol. The summed E-state index contributed by atoms with van der Waals surface area (Å²) in [5, 5.41) is 0. The second-order valence-corrected chi connectivity index (χ2v) is 21.4. The highest BCUT2D eigenvalue weighted by molar-refractivity contribution is 7.00. The predicted molar refractivity (Wildman–Crippen MR) is 295 cm³/mol. The van der Waals surface area contributed by atoms with Crippen molar-refractivity contribution in [1.82, 2.24) is 0 Å². The summed E-state index contributed by atoms with van der Waals surface area (Å²) >= 11 is 0. The third-order valence-electron chi connectivity index (χ3n) is 16.1. The van der Waals surface area contributed by atoms with Gasteiger partial charge < -0.3 is 9.80 Å². The normalized spacial score (nSPS) is 13.4. The van der Waals surface area contributed by atoms with Crippen LogP contribution in [0.5, 0.6) is 0 Å². The van der Waals surface area contributed by atoms with Crippen LogP contribution in [0.1, 0.15) is 99.9 Å². The summed E-state index contributed by atoms with van der Waals surface area (Å²) < 4.78 is 0. The molecule has 0 aliphatic carbocycles. The van der Waals surface area contributed by atoms with E-state index in [0.29, 0.717) is 0 Å². The van der Waals surface area contributed by atoms with Crippen LogP contribution in [0.4, 0.5) is 34.1 Å². The molecular weight excluding hydrogens is 832 g/mol. The molecule has 0 saturated carbocycles. The van der Waals surface area contributed by atoms with Gasteiger partial charge in [0.1, 0.15) is 0 Å². The zero-order chi connectivity index (χ0) is 47.7. The van der Waals surface area contributed by atoms with Gasteiger partial charge in [-0.1, -0.05) is 231 Å². The van der Waals surface area contributed by atoms with Gasteiger partial charge in [0.25, 0.3) is 6.71 Å². The Morgan fingerprint density at radius 1 is 0.261 bits per heavy atom. The van der Waals surface area contributed by atoms with Gasteiger partial charge in [0.05, 0.1) is 0 Å². The summed E-state index contributed by atoms with van der Waals surface area (Å²) in [6.07, 6.45) is 0. The Kier molecular flexibility index (Phi) is 10.7. The van der Waals surface area contributed by atoms with E-state index in [4.69, 9.17) is 0 Å². The fourth-order valence-electron chi connectivity index (χ4n) is 11.4. The molecule has 0 N–H and O–H groups in total. The van der Waals surface area contributed by atoms with Gasteiger partial charge in [0.15, 0.2) is 0 Å². The first-order valence-electron chi connectivity index (χ1n) is 24.7. The fraction of sp³-hybridized carbons (Fsp3) is 0.182. The maximum atomic E-state index is 2.62. The molecular formula is C66H61BN2. The largest absolute Gasteiger partial charge is 0.311 e. The van der Waals surface area contributed by atoms with Crippen molar-refractivity contribution < 1.29 is 0 Å². The van der Waals surface area contributed by atoms with E-state index < -0.39 is 0 Å². The van der Waals surface area contributed by atoms with Crippen molar-refractivity contribution in [3.8, 4) is 0 Å². The van der Waals surface area contributed by atoms with E-state index in [-0.39, 0.29) is 28.4 Å². The second-order valence-electron chi connectivity index (χ2n) is 21.4. The second kappa shape index (κ2) is 16.7. The average Bonchev–Trinajstić information content (AvgIpc) is 3.39. The van der Waals surface area contributed by atoms with Gasteiger partial charge >= 0.3 is 0 Å². The zero-order valence-corrected chi connectivity index (χ0v) is 41.3. The molecule has 9 aromatic carbocycles. The van der Waals surface area contributed by atoms with Gasteiger partial charge in [-0.15, -0.1) is 0 Å². The van der Waals surface area contributed by atoms with Gasteiger partial charge in [-0.25, -0.2) is 0 Å². The molecule has 0 fully saturated rings. The van der Waals surface area contributed by atoms with Crippen molar-refractivity contribution in [2.45, 2.75) is 77.0 Å². The van der Waals surface area contributed by atoms with Crippen LogP contribution < -0.4 is 26.2 Å². The summed E-state index contributed by atoms with van der Waals surface area (Å²) in [5.74, 6) is 0. The summed E-state index contributed by atoms with van der Waals surface area (Å²) in [6, 6.07) is 84.2. The summed E-state index contributed by atoms with van der Waals surface area (Å²) in [5.41, 5.74) is 20.3. The molecule has 0 radical (unpaired) electrons. The Labute approximate surface area is 411 Å². The molecule has 2 aliphatic heterocycles. The molecule has 0 spiro atoms. The quantitative estimate of drug-likeness (QED) is 0.126. The molecule has 11 rings (SSSR count). The molecule has 0 bridgehead atoms. The van der Waals surface area contributed by atoms with Crippen LogP contribution in [0.15, 0.2) is 224 Å². The molecule has 69 heavy (non-hydrogen) atoms. The van der Waals surface area contributed by atoms with Gasteiger partial charge in [-0.2, -0.15) is 0 Å². The topological polar surface area (TPSA) is 6.48 Å². The number of fused-ring (bicyclic) bond motifs is 4. The Bertz CT molecular complexity index is 3320. The van der Waals surface area contributed by atoms with Crippen molar-refractivity contribution in [3.63, 3.8) is 0 Å². The van der Waals surface area contributed by atoms with Crippen LogP contribution in [-0.4, -0.2) is 6.71 Å². The van der Waals surface area contributed by atoms with Crippen LogP contribution in [0.25, 0.3) is 0 Å². The number of rotatable bonds is 10. The van der Waals surface area contributed by atoms with Crippen molar-refractivity contribution in [3.05, 3.63) is 269 Å². The molecule has 0 atom stereocenters. The molecule has 2 heterocycles. The van der Waals surface area contributed by atoms with E-state index in [1.165, 1.54) is 83.6 Å². The lowest BCUT2D eigenvalue weighted by Gasteiger charge is -2.46. The lowest BCUT2D eigenvalue weighted by atomic mass is 9.33. The molecule has 338 valence electrons. The number of hydrogen-bond donors (Lipinski definition) is 0. The monoisotopic (exact) mass is 892 g/mol. The third-order valence-corrected chi connectivity index (χ3v) is 16.1. The maximum Gasteiger partial charge on any atom is 0.252 e. The molecule has 0 unspecified atom stereocenters. The van der Waals surface area contributed by atoms with E-state index in [1.807, 2.05) is 0 Å². The summed E-state index contributed by atoms with van der Waals surface area (Å²) in [7, 11) is 0. The molecule has 0 amide bonds. The Hall–Kier alpha value is -7.36. The van der Waals surface area contributed by atoms with Crippen LogP contribution in [-0.2, 0) is 21.7 Å². The van der Waals surface area contributed by atoms with Gasteiger partial charge in [-0.3, -0.25) is 0 Å². The highest BCUT2D eigenvalue weighted by atomic mass is 15.2. The maximum absolute atomic E-state index is 2.62. The fourth-order valence-corrected chi connectivity index (χ4v) is 11.4. The van der Waals surface area contributed by atoms with E-state index >= 15 is 0 Å². The van der Waals surface area contributed by atoms with Crippen LogP contribution in [0, 0.1) is 0 Å². The zero-order valence-electron chi connectivity index (χ0n) is 41.3. The Morgan fingerprint density at radius 2 is 0.565 bits per heavy atom. The molecule has 2 aliphatic rings. The van der Waals surface area contributed by atoms with E-state index in [0.717, 1.165) is 11.4 Å². The molecule has 0 saturated heterocycles. The number of para-hydroxylation sites is 1. The minimum absolute atomic E-state index is 0.0307. The first-order valence-corrected chi connectivity index (χ1v) is 24.7. The third kappa shape index (κ3) is 7.33. The first kappa shape index (κ1) is 44.2. The minimum Gasteiger partial charge on any atom is -0.311 e. The minimum atomic E-state index is -0.331. The molecule has 2 nitrogen and oxygen atoms in total. The van der Waals surface area contributed by atoms with Gasteiger partial charge in [0, 0.05) is 55.8 Å². The lowest BCUT2D eigenvalue weighted by Crippen LogP contribution is -2.61. The van der Waals surface area contributed by atoms with Gasteiger partial charge in [-0.05, 0) is 109 Å². The van der Waals surface area contributed by atoms with Crippen LogP contribution >= 0.6 is 0 Å². The lowest BCUT2D eigenvalue weighted by molar-refractivity contribution is 0.640. The predicted octanol–water partition coefficient (Wildman–Crippen LogP) is 15.1. The van der Waals surface area contributed by atoms with Crippen molar-refractivity contribution >= 4 is 57.2 Å². The summed E-state index contributed by atoms with van der Waals surface area (Å²) in [6.45, 7) is 18.9. The SMILES string of the molecule is CC(C)(c1ccccc1)c1cccc(N2c3cc(C(C)(C)c4ccccc4)ccc3B3c4ccc(C(C)(C)c5ccccc5)cc4N(c4ccccc4)c4cc(C(C)(C)c5ccccc5)cc2c43)c1. The number of nitrogens with zero attached hydrogens (tertiary/aromatic N) is 2. The number of benzene rings is 9. The molecule has 3 heteroatoms. The Morgan fingerprint density at radius 3 is 0.971 bits per heavy atom. The van der Waals surface area contributed by atoms with Gasteiger partial charge in [0.2, 0.25) is 0 Å². The first-order chi connectivity index (χ1) is 33.3. The van der Waals surface area contributed by atoms with Crippen LogP contribution in [0.3, 0.4) is 0 Å².